The standard InChI is InChI=1S/C12H22N4O2/c1-3-4-7-18-8-5-6-14-12(17)10-9(2)15-16-11(10)13/h3-8H2,1-2H3,(H,14,17)(H3,13,15,16). The van der Waals surface area contributed by atoms with Crippen molar-refractivity contribution >= 4 is 11.7 Å². The highest BCUT2D eigenvalue weighted by Crippen LogP contribution is 2.11. The van der Waals surface area contributed by atoms with E-state index in [0.717, 1.165) is 25.9 Å². The Morgan fingerprint density at radius 1 is 1.44 bits per heavy atom. The summed E-state index contributed by atoms with van der Waals surface area (Å²) in [7, 11) is 0. The fourth-order valence-electron chi connectivity index (χ4n) is 1.55. The molecule has 102 valence electrons. The fraction of sp³-hybridized carbons (Fsp3) is 0.667. The van der Waals surface area contributed by atoms with Crippen LogP contribution in [0, 0.1) is 6.92 Å². The van der Waals surface area contributed by atoms with E-state index >= 15 is 0 Å². The van der Waals surface area contributed by atoms with Gasteiger partial charge in [0.05, 0.1) is 0 Å². The molecule has 4 N–H and O–H groups in total. The number of nitrogens with two attached hydrogens (primary N) is 1. The van der Waals surface area contributed by atoms with Gasteiger partial charge in [0.15, 0.2) is 5.82 Å². The number of aryl methyl sites for hydroxylation is 1. The lowest BCUT2D eigenvalue weighted by molar-refractivity contribution is 0.0941. The van der Waals surface area contributed by atoms with Gasteiger partial charge in [0.25, 0.3) is 5.91 Å². The second-order valence-electron chi connectivity index (χ2n) is 4.18. The number of nitrogens with zero attached hydrogens (tertiary/aromatic N) is 1. The predicted molar refractivity (Wildman–Crippen MR) is 70.4 cm³/mol. The molecule has 1 heterocycles. The molecule has 0 unspecified atom stereocenters. The maximum absolute atomic E-state index is 11.8. The molecular weight excluding hydrogens is 232 g/mol. The number of ether oxygens (including phenoxy) is 1. The van der Waals surface area contributed by atoms with Crippen LogP contribution in [0.25, 0.3) is 0 Å². The Morgan fingerprint density at radius 3 is 2.78 bits per heavy atom. The monoisotopic (exact) mass is 254 g/mol. The summed E-state index contributed by atoms with van der Waals surface area (Å²) in [6.45, 7) is 5.93. The van der Waals surface area contributed by atoms with E-state index in [0.29, 0.717) is 24.4 Å². The van der Waals surface area contributed by atoms with Crippen LogP contribution in [0.4, 0.5) is 5.82 Å². The summed E-state index contributed by atoms with van der Waals surface area (Å²) in [6, 6.07) is 0. The van der Waals surface area contributed by atoms with Crippen LogP contribution < -0.4 is 11.1 Å². The molecule has 18 heavy (non-hydrogen) atoms. The van der Waals surface area contributed by atoms with Crippen molar-refractivity contribution in [1.29, 1.82) is 0 Å². The average molecular weight is 254 g/mol. The Hall–Kier alpha value is -1.56. The van der Waals surface area contributed by atoms with Gasteiger partial charge in [0.1, 0.15) is 5.56 Å². The number of unbranched alkanes of at least 4 members (excludes halogenated alkanes) is 1. The molecule has 0 atom stereocenters. The van der Waals surface area contributed by atoms with Crippen molar-refractivity contribution in [1.82, 2.24) is 15.5 Å². The number of H-pyrrole nitrogens is 1. The largest absolute Gasteiger partial charge is 0.382 e. The molecule has 6 heteroatoms. The van der Waals surface area contributed by atoms with Crippen LogP contribution in [0.5, 0.6) is 0 Å². The van der Waals surface area contributed by atoms with Gasteiger partial charge >= 0.3 is 0 Å². The molecule has 0 saturated carbocycles. The van der Waals surface area contributed by atoms with Gasteiger partial charge in [-0.15, -0.1) is 0 Å². The molecule has 0 aliphatic carbocycles. The number of nitrogen functional groups attached to an aromatic ring is 1. The number of nitrogens with one attached hydrogen (secondary N) is 2. The molecule has 1 aromatic rings. The summed E-state index contributed by atoms with van der Waals surface area (Å²) in [5.74, 6) is 0.0523. The molecule has 0 fully saturated rings. The Bertz CT molecular complexity index is 357. The Labute approximate surface area is 107 Å². The number of amides is 1. The molecule has 1 rings (SSSR count). The van der Waals surface area contributed by atoms with Crippen molar-refractivity contribution in [2.45, 2.75) is 33.1 Å². The molecule has 1 aromatic heterocycles. The first-order valence-electron chi connectivity index (χ1n) is 6.33. The molecule has 0 saturated heterocycles. The maximum Gasteiger partial charge on any atom is 0.256 e. The lowest BCUT2D eigenvalue weighted by Crippen LogP contribution is -2.26. The number of carbonyl (C=O) groups excluding carboxylic acids is 1. The molecule has 0 spiro atoms. The zero-order valence-corrected chi connectivity index (χ0v) is 11.1. The second-order valence-corrected chi connectivity index (χ2v) is 4.18. The predicted octanol–water partition coefficient (Wildman–Crippen LogP) is 1.24. The fourth-order valence-corrected chi connectivity index (χ4v) is 1.55. The summed E-state index contributed by atoms with van der Waals surface area (Å²) in [5, 5.41) is 9.26. The van der Waals surface area contributed by atoms with Crippen molar-refractivity contribution in [3.8, 4) is 0 Å². The van der Waals surface area contributed by atoms with Gasteiger partial charge in [0.2, 0.25) is 0 Å². The van der Waals surface area contributed by atoms with E-state index in [9.17, 15) is 4.79 Å². The smallest absolute Gasteiger partial charge is 0.256 e. The van der Waals surface area contributed by atoms with Gasteiger partial charge in [0, 0.05) is 25.5 Å². The molecule has 1 amide bonds. The number of aromatic amines is 1. The van der Waals surface area contributed by atoms with E-state index in [1.165, 1.54) is 0 Å². The van der Waals surface area contributed by atoms with E-state index in [1.54, 1.807) is 6.92 Å². The Kier molecular flexibility index (Phi) is 6.21. The topological polar surface area (TPSA) is 93.0 Å². The average Bonchev–Trinajstić information content (AvgIpc) is 2.68. The van der Waals surface area contributed by atoms with Crippen molar-refractivity contribution in [3.63, 3.8) is 0 Å². The first kappa shape index (κ1) is 14.5. The first-order valence-corrected chi connectivity index (χ1v) is 6.33. The minimum atomic E-state index is -0.188. The number of rotatable bonds is 8. The molecule has 0 radical (unpaired) electrons. The van der Waals surface area contributed by atoms with Crippen molar-refractivity contribution in [2.75, 3.05) is 25.5 Å². The van der Waals surface area contributed by atoms with Crippen LogP contribution in [0.3, 0.4) is 0 Å². The van der Waals surface area contributed by atoms with Crippen molar-refractivity contribution < 1.29 is 9.53 Å². The third kappa shape index (κ3) is 4.37. The van der Waals surface area contributed by atoms with Crippen LogP contribution in [0.2, 0.25) is 0 Å². The molecular formula is C12H22N4O2. The number of carbonyl (C=O) groups is 1. The SMILES string of the molecule is CCCCOCCCNC(=O)c1c(N)n[nH]c1C. The van der Waals surface area contributed by atoms with Crippen LogP contribution >= 0.6 is 0 Å². The quantitative estimate of drug-likeness (QED) is 0.608. The van der Waals surface area contributed by atoms with Gasteiger partial charge in [-0.25, -0.2) is 0 Å². The molecule has 0 aliphatic heterocycles. The van der Waals surface area contributed by atoms with Crippen LogP contribution in [0.1, 0.15) is 42.2 Å². The van der Waals surface area contributed by atoms with Crippen LogP contribution in [-0.4, -0.2) is 35.9 Å². The number of aromatic nitrogens is 2. The normalized spacial score (nSPS) is 10.6. The first-order chi connectivity index (χ1) is 8.66. The van der Waals surface area contributed by atoms with Crippen molar-refractivity contribution in [2.24, 2.45) is 0 Å². The van der Waals surface area contributed by atoms with Crippen LogP contribution in [0.15, 0.2) is 0 Å². The van der Waals surface area contributed by atoms with Crippen LogP contribution in [-0.2, 0) is 4.74 Å². The zero-order chi connectivity index (χ0) is 13.4. The zero-order valence-electron chi connectivity index (χ0n) is 11.1. The third-order valence-corrected chi connectivity index (χ3v) is 2.60. The highest BCUT2D eigenvalue weighted by molar-refractivity contribution is 5.99. The third-order valence-electron chi connectivity index (χ3n) is 2.60. The molecule has 0 aliphatic rings. The summed E-state index contributed by atoms with van der Waals surface area (Å²) in [5.41, 5.74) is 6.72. The lowest BCUT2D eigenvalue weighted by atomic mass is 10.2. The van der Waals surface area contributed by atoms with Gasteiger partial charge in [-0.2, -0.15) is 5.10 Å². The van der Waals surface area contributed by atoms with Gasteiger partial charge in [-0.1, -0.05) is 13.3 Å². The Balaban J connectivity index is 2.18. The molecule has 0 bridgehead atoms. The highest BCUT2D eigenvalue weighted by Gasteiger charge is 2.14. The maximum atomic E-state index is 11.8. The molecule has 6 nitrogen and oxygen atoms in total. The van der Waals surface area contributed by atoms with E-state index < -0.39 is 0 Å². The van der Waals surface area contributed by atoms with Gasteiger partial charge in [-0.05, 0) is 19.8 Å². The van der Waals surface area contributed by atoms with E-state index in [-0.39, 0.29) is 11.7 Å². The van der Waals surface area contributed by atoms with E-state index in [1.807, 2.05) is 0 Å². The minimum Gasteiger partial charge on any atom is -0.382 e. The second kappa shape index (κ2) is 7.71. The molecule has 0 aromatic carbocycles. The summed E-state index contributed by atoms with van der Waals surface area (Å²) >= 11 is 0. The Morgan fingerprint density at radius 2 is 2.17 bits per heavy atom. The minimum absolute atomic E-state index is 0.188. The number of anilines is 1. The summed E-state index contributed by atoms with van der Waals surface area (Å²) < 4.78 is 5.40. The van der Waals surface area contributed by atoms with E-state index in [2.05, 4.69) is 22.4 Å². The van der Waals surface area contributed by atoms with Gasteiger partial charge < -0.3 is 15.8 Å². The van der Waals surface area contributed by atoms with Crippen molar-refractivity contribution in [3.05, 3.63) is 11.3 Å². The number of hydrogen-bond donors (Lipinski definition) is 3. The van der Waals surface area contributed by atoms with Gasteiger partial charge in [-0.3, -0.25) is 9.89 Å². The highest BCUT2D eigenvalue weighted by atomic mass is 16.5. The number of hydrogen-bond acceptors (Lipinski definition) is 4. The lowest BCUT2D eigenvalue weighted by Gasteiger charge is -2.06. The summed E-state index contributed by atoms with van der Waals surface area (Å²) in [6.07, 6.45) is 3.01. The summed E-state index contributed by atoms with van der Waals surface area (Å²) in [4.78, 5) is 11.8. The van der Waals surface area contributed by atoms with E-state index in [4.69, 9.17) is 10.5 Å².